The van der Waals surface area contributed by atoms with Crippen LogP contribution in [0.4, 0.5) is 0 Å². The van der Waals surface area contributed by atoms with Gasteiger partial charge in [-0.25, -0.2) is 0 Å². The first kappa shape index (κ1) is 17.0. The molecule has 1 amide bonds. The molecule has 0 radical (unpaired) electrons. The Morgan fingerprint density at radius 2 is 2.00 bits per heavy atom. The summed E-state index contributed by atoms with van der Waals surface area (Å²) in [5.74, 6) is 1.87. The molecule has 0 unspecified atom stereocenters. The second kappa shape index (κ2) is 7.06. The van der Waals surface area contributed by atoms with Crippen LogP contribution in [0, 0.1) is 5.41 Å². The maximum atomic E-state index is 13.3. The second-order valence-corrected chi connectivity index (χ2v) is 8.09. The van der Waals surface area contributed by atoms with Crippen LogP contribution in [0.1, 0.15) is 70.0 Å². The molecule has 0 aromatic carbocycles. The Morgan fingerprint density at radius 3 is 2.76 bits per heavy atom. The zero-order chi connectivity index (χ0) is 17.3. The first-order chi connectivity index (χ1) is 12.2. The molecular weight excluding hydrogens is 316 g/mol. The number of piperidine rings is 1. The number of carbonyl (C=O) groups excluding carboxylic acids is 1. The fourth-order valence-electron chi connectivity index (χ4n) is 5.00. The Bertz CT molecular complexity index is 610. The topological polar surface area (TPSA) is 62.5 Å². The molecule has 1 aromatic heterocycles. The molecule has 6 nitrogen and oxygen atoms in total. The van der Waals surface area contributed by atoms with Crippen molar-refractivity contribution in [1.29, 1.82) is 0 Å². The summed E-state index contributed by atoms with van der Waals surface area (Å²) in [4.78, 5) is 22.3. The van der Waals surface area contributed by atoms with E-state index in [0.29, 0.717) is 24.4 Å². The van der Waals surface area contributed by atoms with Crippen LogP contribution in [-0.2, 0) is 17.8 Å². The third-order valence-electron chi connectivity index (χ3n) is 6.40. The minimum absolute atomic E-state index is 0.163. The van der Waals surface area contributed by atoms with E-state index in [1.54, 1.807) is 0 Å². The molecule has 0 N–H and O–H groups in total. The molecule has 138 valence electrons. The van der Waals surface area contributed by atoms with Gasteiger partial charge in [-0.3, -0.25) is 9.69 Å². The minimum atomic E-state index is -0.163. The highest BCUT2D eigenvalue weighted by atomic mass is 16.5. The van der Waals surface area contributed by atoms with Gasteiger partial charge in [-0.05, 0) is 38.6 Å². The van der Waals surface area contributed by atoms with Crippen LogP contribution in [-0.4, -0.2) is 51.5 Å². The Morgan fingerprint density at radius 1 is 1.16 bits per heavy atom. The predicted molar refractivity (Wildman–Crippen MR) is 93.8 cm³/mol. The van der Waals surface area contributed by atoms with E-state index >= 15 is 0 Å². The van der Waals surface area contributed by atoms with E-state index in [2.05, 4.69) is 19.9 Å². The van der Waals surface area contributed by atoms with E-state index in [9.17, 15) is 4.79 Å². The molecule has 1 atom stereocenters. The highest BCUT2D eigenvalue weighted by Crippen LogP contribution is 2.42. The van der Waals surface area contributed by atoms with E-state index in [1.165, 1.54) is 32.1 Å². The average molecular weight is 346 g/mol. The van der Waals surface area contributed by atoms with Crippen molar-refractivity contribution >= 4 is 5.91 Å². The van der Waals surface area contributed by atoms with Crippen LogP contribution in [0.5, 0.6) is 0 Å². The van der Waals surface area contributed by atoms with Crippen molar-refractivity contribution in [2.45, 2.75) is 77.3 Å². The summed E-state index contributed by atoms with van der Waals surface area (Å²) in [7, 11) is 0. The summed E-state index contributed by atoms with van der Waals surface area (Å²) in [6.45, 7) is 5.47. The van der Waals surface area contributed by atoms with Crippen molar-refractivity contribution < 1.29 is 9.32 Å². The molecule has 2 aliphatic heterocycles. The van der Waals surface area contributed by atoms with Gasteiger partial charge in [0.2, 0.25) is 11.8 Å². The summed E-state index contributed by atoms with van der Waals surface area (Å²) >= 11 is 0. The van der Waals surface area contributed by atoms with Gasteiger partial charge < -0.3 is 9.42 Å². The van der Waals surface area contributed by atoms with Gasteiger partial charge in [-0.2, -0.15) is 4.98 Å². The van der Waals surface area contributed by atoms with Gasteiger partial charge in [0.1, 0.15) is 0 Å². The largest absolute Gasteiger partial charge is 0.339 e. The van der Waals surface area contributed by atoms with Crippen molar-refractivity contribution in [3.05, 3.63) is 11.7 Å². The third-order valence-corrected chi connectivity index (χ3v) is 6.40. The van der Waals surface area contributed by atoms with Crippen LogP contribution in [0.3, 0.4) is 0 Å². The maximum absolute atomic E-state index is 13.3. The molecule has 1 aliphatic carbocycles. The summed E-state index contributed by atoms with van der Waals surface area (Å²) in [5, 5.41) is 3.98. The Kier molecular flexibility index (Phi) is 4.80. The molecule has 1 saturated carbocycles. The Hall–Kier alpha value is -1.43. The Labute approximate surface area is 149 Å². The summed E-state index contributed by atoms with van der Waals surface area (Å²) < 4.78 is 5.34. The minimum Gasteiger partial charge on any atom is -0.339 e. The lowest BCUT2D eigenvalue weighted by molar-refractivity contribution is -0.149. The number of carbonyl (C=O) groups is 1. The molecule has 2 saturated heterocycles. The summed E-state index contributed by atoms with van der Waals surface area (Å²) in [6.07, 6.45) is 10.3. The fourth-order valence-corrected chi connectivity index (χ4v) is 5.00. The number of amides is 1. The van der Waals surface area contributed by atoms with Crippen molar-refractivity contribution in [3.63, 3.8) is 0 Å². The number of likely N-dealkylation sites (tertiary alicyclic amines) is 2. The zero-order valence-electron chi connectivity index (χ0n) is 15.4. The number of hydrogen-bond acceptors (Lipinski definition) is 5. The molecule has 6 heteroatoms. The smallest absolute Gasteiger partial charge is 0.240 e. The molecule has 1 aromatic rings. The van der Waals surface area contributed by atoms with Gasteiger partial charge in [-0.1, -0.05) is 31.3 Å². The van der Waals surface area contributed by atoms with Crippen molar-refractivity contribution in [2.75, 3.05) is 19.6 Å². The number of hydrogen-bond donors (Lipinski definition) is 0. The molecule has 3 heterocycles. The lowest BCUT2D eigenvalue weighted by Crippen LogP contribution is -2.54. The number of rotatable bonds is 4. The van der Waals surface area contributed by atoms with E-state index in [4.69, 9.17) is 4.52 Å². The van der Waals surface area contributed by atoms with E-state index in [-0.39, 0.29) is 5.41 Å². The molecule has 25 heavy (non-hydrogen) atoms. The van der Waals surface area contributed by atoms with Crippen LogP contribution in [0.25, 0.3) is 0 Å². The lowest BCUT2D eigenvalue weighted by atomic mass is 9.77. The molecule has 0 bridgehead atoms. The van der Waals surface area contributed by atoms with E-state index in [0.717, 1.165) is 51.1 Å². The molecule has 4 rings (SSSR count). The van der Waals surface area contributed by atoms with Crippen LogP contribution < -0.4 is 0 Å². The highest BCUT2D eigenvalue weighted by Gasteiger charge is 2.49. The first-order valence-electron chi connectivity index (χ1n) is 10.0. The third kappa shape index (κ3) is 3.33. The van der Waals surface area contributed by atoms with Gasteiger partial charge in [0.05, 0.1) is 12.0 Å². The second-order valence-electron chi connectivity index (χ2n) is 8.09. The SMILES string of the molecule is CCc1noc(CN2CC[C@]3(CCCN(C4CCCCC4)C3=O)C2)n1. The monoisotopic (exact) mass is 346 g/mol. The van der Waals surface area contributed by atoms with Gasteiger partial charge in [-0.15, -0.1) is 0 Å². The van der Waals surface area contributed by atoms with Crippen LogP contribution >= 0.6 is 0 Å². The predicted octanol–water partition coefficient (Wildman–Crippen LogP) is 2.78. The Balaban J connectivity index is 1.41. The lowest BCUT2D eigenvalue weighted by Gasteiger charge is -2.44. The van der Waals surface area contributed by atoms with Crippen molar-refractivity contribution in [3.8, 4) is 0 Å². The number of aromatic nitrogens is 2. The molecule has 3 aliphatic rings. The quantitative estimate of drug-likeness (QED) is 0.839. The fraction of sp³-hybridized carbons (Fsp3) is 0.842. The van der Waals surface area contributed by atoms with Gasteiger partial charge in [0.25, 0.3) is 0 Å². The number of aryl methyl sites for hydroxylation is 1. The van der Waals surface area contributed by atoms with Gasteiger partial charge in [0, 0.05) is 25.6 Å². The first-order valence-corrected chi connectivity index (χ1v) is 10.0. The highest BCUT2D eigenvalue weighted by molar-refractivity contribution is 5.84. The van der Waals surface area contributed by atoms with Crippen molar-refractivity contribution in [1.82, 2.24) is 19.9 Å². The van der Waals surface area contributed by atoms with Crippen LogP contribution in [0.15, 0.2) is 4.52 Å². The summed E-state index contributed by atoms with van der Waals surface area (Å²) in [6, 6.07) is 0.496. The van der Waals surface area contributed by atoms with E-state index in [1.807, 2.05) is 6.92 Å². The molecular formula is C19H30N4O2. The molecule has 1 spiro atoms. The van der Waals surface area contributed by atoms with Crippen LogP contribution in [0.2, 0.25) is 0 Å². The zero-order valence-corrected chi connectivity index (χ0v) is 15.4. The summed E-state index contributed by atoms with van der Waals surface area (Å²) in [5.41, 5.74) is -0.163. The standard InChI is InChI=1S/C19H30N4O2/c1-2-16-20-17(25-21-16)13-22-12-10-19(14-22)9-6-11-23(18(19)24)15-7-4-3-5-8-15/h15H,2-14H2,1H3/t19-/m1/s1. The van der Waals surface area contributed by atoms with E-state index < -0.39 is 0 Å². The average Bonchev–Trinajstić information content (AvgIpc) is 3.26. The number of nitrogens with zero attached hydrogens (tertiary/aromatic N) is 4. The van der Waals surface area contributed by atoms with Crippen molar-refractivity contribution in [2.24, 2.45) is 5.41 Å². The van der Waals surface area contributed by atoms with Gasteiger partial charge in [0.15, 0.2) is 5.82 Å². The molecule has 3 fully saturated rings. The maximum Gasteiger partial charge on any atom is 0.240 e. The normalized spacial score (nSPS) is 29.0. The van der Waals surface area contributed by atoms with Gasteiger partial charge >= 0.3 is 0 Å².